The number of aromatic nitrogens is 1. The number of nitrogens with zero attached hydrogens (tertiary/aromatic N) is 3. The number of nitrogens with one attached hydrogen (secondary N) is 1. The Bertz CT molecular complexity index is 1340. The van der Waals surface area contributed by atoms with Crippen LogP contribution in [-0.2, 0) is 17.8 Å². The molecule has 166 valence electrons. The van der Waals surface area contributed by atoms with Gasteiger partial charge in [0.1, 0.15) is 0 Å². The Hall–Kier alpha value is -3.78. The fourth-order valence-corrected chi connectivity index (χ4v) is 3.99. The molecule has 8 heteroatoms. The van der Waals surface area contributed by atoms with Gasteiger partial charge in [-0.1, -0.05) is 58.4 Å². The van der Waals surface area contributed by atoms with Crippen LogP contribution in [0.4, 0.5) is 5.69 Å². The first-order valence-electron chi connectivity index (χ1n) is 10.3. The summed E-state index contributed by atoms with van der Waals surface area (Å²) in [5, 5.41) is 16.1. The minimum absolute atomic E-state index is 0.0690. The van der Waals surface area contributed by atoms with Gasteiger partial charge in [-0.3, -0.25) is 14.9 Å². The molecule has 0 aliphatic heterocycles. The molecule has 0 saturated heterocycles. The lowest BCUT2D eigenvalue weighted by molar-refractivity contribution is -0.384. The summed E-state index contributed by atoms with van der Waals surface area (Å²) in [5.74, 6) is -0.194. The standard InChI is InChI=1S/C25H21BrN4O3/c1-17-23(15-27-28-25(31)14-18-6-10-20(26)11-7-18)22-4-2-3-5-24(22)29(17)16-19-8-12-21(13-9-19)30(32)33/h2-13,15H,14,16H2,1H3,(H,28,31)/b27-15-. The van der Waals surface area contributed by atoms with Crippen molar-refractivity contribution in [3.63, 3.8) is 0 Å². The average molecular weight is 505 g/mol. The Kier molecular flexibility index (Phi) is 6.65. The summed E-state index contributed by atoms with van der Waals surface area (Å²) in [6.07, 6.45) is 1.91. The van der Waals surface area contributed by atoms with E-state index in [0.29, 0.717) is 6.54 Å². The van der Waals surface area contributed by atoms with Crippen LogP contribution >= 0.6 is 15.9 Å². The van der Waals surface area contributed by atoms with Crippen molar-refractivity contribution in [2.45, 2.75) is 19.9 Å². The zero-order valence-electron chi connectivity index (χ0n) is 17.9. The monoisotopic (exact) mass is 504 g/mol. The lowest BCUT2D eigenvalue weighted by Crippen LogP contribution is -2.19. The van der Waals surface area contributed by atoms with E-state index in [-0.39, 0.29) is 18.0 Å². The second-order valence-corrected chi connectivity index (χ2v) is 8.54. The summed E-state index contributed by atoms with van der Waals surface area (Å²) in [7, 11) is 0. The summed E-state index contributed by atoms with van der Waals surface area (Å²) in [4.78, 5) is 22.8. The molecule has 0 unspecified atom stereocenters. The molecule has 1 heterocycles. The topological polar surface area (TPSA) is 89.5 Å². The maximum atomic E-state index is 12.3. The van der Waals surface area contributed by atoms with E-state index < -0.39 is 4.92 Å². The number of amides is 1. The molecule has 4 aromatic rings. The number of hydrogen-bond donors (Lipinski definition) is 1. The summed E-state index contributed by atoms with van der Waals surface area (Å²) < 4.78 is 3.10. The zero-order chi connectivity index (χ0) is 23.4. The van der Waals surface area contributed by atoms with Crippen LogP contribution < -0.4 is 5.43 Å². The molecule has 1 N–H and O–H groups in total. The molecular formula is C25H21BrN4O3. The average Bonchev–Trinajstić information content (AvgIpc) is 3.07. The third-order valence-corrected chi connectivity index (χ3v) is 5.96. The van der Waals surface area contributed by atoms with E-state index in [1.54, 1.807) is 18.3 Å². The van der Waals surface area contributed by atoms with Gasteiger partial charge in [0.2, 0.25) is 5.91 Å². The van der Waals surface area contributed by atoms with Gasteiger partial charge in [-0.15, -0.1) is 0 Å². The fourth-order valence-electron chi connectivity index (χ4n) is 3.73. The highest BCUT2D eigenvalue weighted by molar-refractivity contribution is 9.10. The third kappa shape index (κ3) is 5.18. The molecule has 0 aliphatic carbocycles. The molecule has 0 aliphatic rings. The highest BCUT2D eigenvalue weighted by Crippen LogP contribution is 2.26. The molecule has 0 bridgehead atoms. The van der Waals surface area contributed by atoms with Crippen molar-refractivity contribution in [3.05, 3.63) is 110 Å². The van der Waals surface area contributed by atoms with E-state index in [0.717, 1.165) is 37.8 Å². The lowest BCUT2D eigenvalue weighted by atomic mass is 10.1. The van der Waals surface area contributed by atoms with Crippen LogP contribution in [-0.4, -0.2) is 21.6 Å². The summed E-state index contributed by atoms with van der Waals surface area (Å²) in [6, 6.07) is 22.1. The van der Waals surface area contributed by atoms with Crippen molar-refractivity contribution in [1.29, 1.82) is 0 Å². The number of carbonyl (C=O) groups excluding carboxylic acids is 1. The van der Waals surface area contributed by atoms with E-state index in [1.165, 1.54) is 12.1 Å². The van der Waals surface area contributed by atoms with Crippen LogP contribution in [0.2, 0.25) is 0 Å². The molecule has 33 heavy (non-hydrogen) atoms. The summed E-state index contributed by atoms with van der Waals surface area (Å²) >= 11 is 3.38. The third-order valence-electron chi connectivity index (χ3n) is 5.43. The van der Waals surface area contributed by atoms with Gasteiger partial charge in [0.15, 0.2) is 0 Å². The van der Waals surface area contributed by atoms with Crippen LogP contribution in [0.5, 0.6) is 0 Å². The molecule has 4 rings (SSSR count). The number of rotatable bonds is 7. The van der Waals surface area contributed by atoms with Gasteiger partial charge in [-0.25, -0.2) is 5.43 Å². The number of nitro benzene ring substituents is 1. The normalized spacial score (nSPS) is 11.2. The van der Waals surface area contributed by atoms with Crippen molar-refractivity contribution in [3.8, 4) is 0 Å². The molecule has 1 aromatic heterocycles. The highest BCUT2D eigenvalue weighted by atomic mass is 79.9. The van der Waals surface area contributed by atoms with Gasteiger partial charge < -0.3 is 4.57 Å². The number of para-hydroxylation sites is 1. The number of halogens is 1. The minimum Gasteiger partial charge on any atom is -0.340 e. The Morgan fingerprint density at radius 3 is 2.42 bits per heavy atom. The number of non-ortho nitro benzene ring substituents is 1. The van der Waals surface area contributed by atoms with E-state index in [9.17, 15) is 14.9 Å². The molecule has 0 fully saturated rings. The van der Waals surface area contributed by atoms with E-state index >= 15 is 0 Å². The van der Waals surface area contributed by atoms with Crippen molar-refractivity contribution in [2.24, 2.45) is 5.10 Å². The van der Waals surface area contributed by atoms with Gasteiger partial charge in [-0.05, 0) is 36.2 Å². The number of hydrogen-bond acceptors (Lipinski definition) is 4. The molecule has 3 aromatic carbocycles. The molecule has 0 spiro atoms. The van der Waals surface area contributed by atoms with E-state index in [1.807, 2.05) is 55.5 Å². The van der Waals surface area contributed by atoms with Crippen LogP contribution in [0.25, 0.3) is 10.9 Å². The predicted molar refractivity (Wildman–Crippen MR) is 132 cm³/mol. The highest BCUT2D eigenvalue weighted by Gasteiger charge is 2.13. The number of carbonyl (C=O) groups is 1. The Balaban J connectivity index is 1.54. The van der Waals surface area contributed by atoms with Crippen molar-refractivity contribution in [1.82, 2.24) is 9.99 Å². The maximum absolute atomic E-state index is 12.3. The number of nitro groups is 1. The Labute approximate surface area is 199 Å². The summed E-state index contributed by atoms with van der Waals surface area (Å²) in [5.41, 5.74) is 7.46. The molecule has 0 saturated carbocycles. The van der Waals surface area contributed by atoms with Crippen LogP contribution in [0.1, 0.15) is 22.4 Å². The second kappa shape index (κ2) is 9.79. The molecule has 7 nitrogen and oxygen atoms in total. The van der Waals surface area contributed by atoms with Gasteiger partial charge in [0.25, 0.3) is 5.69 Å². The van der Waals surface area contributed by atoms with Crippen LogP contribution in [0, 0.1) is 17.0 Å². The molecule has 1 amide bonds. The number of benzene rings is 3. The smallest absolute Gasteiger partial charge is 0.269 e. The van der Waals surface area contributed by atoms with Gasteiger partial charge >= 0.3 is 0 Å². The fraction of sp³-hybridized carbons (Fsp3) is 0.120. The Morgan fingerprint density at radius 1 is 1.06 bits per heavy atom. The van der Waals surface area contributed by atoms with Crippen molar-refractivity contribution < 1.29 is 9.72 Å². The minimum atomic E-state index is -0.403. The molecule has 0 radical (unpaired) electrons. The first-order chi connectivity index (χ1) is 15.9. The maximum Gasteiger partial charge on any atom is 0.269 e. The summed E-state index contributed by atoms with van der Waals surface area (Å²) in [6.45, 7) is 2.56. The van der Waals surface area contributed by atoms with Crippen LogP contribution in [0.3, 0.4) is 0 Å². The first-order valence-corrected chi connectivity index (χ1v) is 11.1. The number of fused-ring (bicyclic) bond motifs is 1. The van der Waals surface area contributed by atoms with Gasteiger partial charge in [0.05, 0.1) is 17.6 Å². The van der Waals surface area contributed by atoms with Gasteiger partial charge in [-0.2, -0.15) is 5.10 Å². The second-order valence-electron chi connectivity index (χ2n) is 7.62. The first kappa shape index (κ1) is 22.4. The van der Waals surface area contributed by atoms with E-state index in [4.69, 9.17) is 0 Å². The SMILES string of the molecule is Cc1c(/C=N\NC(=O)Cc2ccc(Br)cc2)c2ccccc2n1Cc1ccc([N+](=O)[O-])cc1. The Morgan fingerprint density at radius 2 is 1.73 bits per heavy atom. The van der Waals surface area contributed by atoms with Crippen molar-refractivity contribution in [2.75, 3.05) is 0 Å². The molecular weight excluding hydrogens is 484 g/mol. The van der Waals surface area contributed by atoms with E-state index in [2.05, 4.69) is 31.0 Å². The lowest BCUT2D eigenvalue weighted by Gasteiger charge is -2.08. The number of hydrazone groups is 1. The van der Waals surface area contributed by atoms with Crippen LogP contribution in [0.15, 0.2) is 82.4 Å². The quantitative estimate of drug-likeness (QED) is 0.208. The van der Waals surface area contributed by atoms with Gasteiger partial charge in [0, 0.05) is 45.3 Å². The molecule has 0 atom stereocenters. The van der Waals surface area contributed by atoms with Crippen molar-refractivity contribution >= 4 is 44.6 Å². The zero-order valence-corrected chi connectivity index (χ0v) is 19.5. The predicted octanol–water partition coefficient (Wildman–Crippen LogP) is 5.36. The largest absolute Gasteiger partial charge is 0.340 e.